The summed E-state index contributed by atoms with van der Waals surface area (Å²) in [6, 6.07) is 13.7. The van der Waals surface area contributed by atoms with Crippen LogP contribution in [0.15, 0.2) is 42.5 Å². The lowest BCUT2D eigenvalue weighted by molar-refractivity contribution is 0.586. The van der Waals surface area contributed by atoms with Crippen molar-refractivity contribution < 1.29 is 4.39 Å². The molecular weight excluding hydrogens is 285 g/mol. The van der Waals surface area contributed by atoms with Gasteiger partial charge in [0.05, 0.1) is 5.02 Å². The minimum atomic E-state index is -0.378. The van der Waals surface area contributed by atoms with Crippen molar-refractivity contribution in [2.24, 2.45) is 0 Å². The molecule has 0 amide bonds. The lowest BCUT2D eigenvalue weighted by Gasteiger charge is -2.18. The fraction of sp³-hybridized carbons (Fsp3) is 0.333. The molecule has 1 unspecified atom stereocenters. The third-order valence-electron chi connectivity index (χ3n) is 3.78. The normalized spacial score (nSPS) is 12.7. The van der Waals surface area contributed by atoms with Crippen LogP contribution in [0, 0.1) is 5.82 Å². The van der Waals surface area contributed by atoms with Crippen molar-refractivity contribution in [2.75, 3.05) is 7.05 Å². The number of hydrogen-bond donors (Lipinski definition) is 1. The summed E-state index contributed by atoms with van der Waals surface area (Å²) in [5, 5.41) is 3.44. The van der Waals surface area contributed by atoms with Crippen molar-refractivity contribution >= 4 is 11.6 Å². The topological polar surface area (TPSA) is 12.0 Å². The number of benzene rings is 2. The molecule has 0 heterocycles. The smallest absolute Gasteiger partial charge is 0.141 e. The Morgan fingerprint density at radius 2 is 1.67 bits per heavy atom. The van der Waals surface area contributed by atoms with Crippen molar-refractivity contribution in [1.82, 2.24) is 5.32 Å². The largest absolute Gasteiger partial charge is 0.313 e. The second-order valence-corrected chi connectivity index (χ2v) is 6.02. The number of hydrogen-bond acceptors (Lipinski definition) is 1. The molecule has 21 heavy (non-hydrogen) atoms. The van der Waals surface area contributed by atoms with E-state index >= 15 is 0 Å². The van der Waals surface area contributed by atoms with E-state index < -0.39 is 0 Å². The van der Waals surface area contributed by atoms with Crippen molar-refractivity contribution in [3.63, 3.8) is 0 Å². The van der Waals surface area contributed by atoms with Gasteiger partial charge in [0.25, 0.3) is 0 Å². The quantitative estimate of drug-likeness (QED) is 0.810. The molecule has 0 aliphatic carbocycles. The van der Waals surface area contributed by atoms with Crippen LogP contribution in [-0.4, -0.2) is 7.05 Å². The third kappa shape index (κ3) is 4.05. The zero-order chi connectivity index (χ0) is 15.4. The van der Waals surface area contributed by atoms with Gasteiger partial charge in [-0.1, -0.05) is 55.8 Å². The molecule has 0 spiro atoms. The Labute approximate surface area is 131 Å². The van der Waals surface area contributed by atoms with Gasteiger partial charge in [0.2, 0.25) is 0 Å². The molecule has 2 aromatic rings. The van der Waals surface area contributed by atoms with Crippen molar-refractivity contribution in [3.8, 4) is 0 Å². The van der Waals surface area contributed by atoms with Gasteiger partial charge in [-0.05, 0) is 48.2 Å². The molecule has 1 nitrogen and oxygen atoms in total. The highest BCUT2D eigenvalue weighted by Crippen LogP contribution is 2.24. The highest BCUT2D eigenvalue weighted by atomic mass is 35.5. The third-order valence-corrected chi connectivity index (χ3v) is 4.07. The Kier molecular flexibility index (Phi) is 5.38. The number of halogens is 2. The summed E-state index contributed by atoms with van der Waals surface area (Å²) in [6.45, 7) is 4.37. The van der Waals surface area contributed by atoms with E-state index in [4.69, 9.17) is 11.6 Å². The van der Waals surface area contributed by atoms with Crippen LogP contribution in [0.1, 0.15) is 42.5 Å². The zero-order valence-electron chi connectivity index (χ0n) is 12.7. The first-order valence-electron chi connectivity index (χ1n) is 7.22. The first-order chi connectivity index (χ1) is 10.0. The summed E-state index contributed by atoms with van der Waals surface area (Å²) < 4.78 is 13.3. The van der Waals surface area contributed by atoms with E-state index in [9.17, 15) is 4.39 Å². The lowest BCUT2D eigenvalue weighted by atomic mass is 9.96. The van der Waals surface area contributed by atoms with Crippen LogP contribution in [0.25, 0.3) is 0 Å². The predicted octanol–water partition coefficient (Wildman–Crippen LogP) is 5.11. The number of nitrogens with one attached hydrogen (secondary N) is 1. The Bertz CT molecular complexity index is 593. The molecule has 1 atom stereocenters. The highest BCUT2D eigenvalue weighted by molar-refractivity contribution is 6.30. The van der Waals surface area contributed by atoms with Crippen LogP contribution in [0.2, 0.25) is 5.02 Å². The molecule has 0 bridgehead atoms. The van der Waals surface area contributed by atoms with Crippen LogP contribution in [0.4, 0.5) is 4.39 Å². The number of likely N-dealkylation sites (N-methyl/N-ethyl adjacent to an activating group) is 1. The minimum absolute atomic E-state index is 0.119. The molecule has 0 saturated carbocycles. The maximum atomic E-state index is 13.3. The summed E-state index contributed by atoms with van der Waals surface area (Å²) in [6.07, 6.45) is 0.844. The fourth-order valence-electron chi connectivity index (χ4n) is 2.39. The van der Waals surface area contributed by atoms with Gasteiger partial charge in [0, 0.05) is 6.04 Å². The molecule has 0 fully saturated rings. The van der Waals surface area contributed by atoms with Crippen LogP contribution in [-0.2, 0) is 6.42 Å². The molecule has 112 valence electrons. The monoisotopic (exact) mass is 305 g/mol. The van der Waals surface area contributed by atoms with E-state index in [1.54, 1.807) is 12.1 Å². The van der Waals surface area contributed by atoms with Crippen LogP contribution in [0.3, 0.4) is 0 Å². The summed E-state index contributed by atoms with van der Waals surface area (Å²) >= 11 is 5.87. The van der Waals surface area contributed by atoms with E-state index in [1.165, 1.54) is 17.2 Å². The molecular formula is C18H21ClFN. The van der Waals surface area contributed by atoms with Gasteiger partial charge >= 0.3 is 0 Å². The maximum Gasteiger partial charge on any atom is 0.141 e. The van der Waals surface area contributed by atoms with Crippen molar-refractivity contribution in [3.05, 3.63) is 70.0 Å². The van der Waals surface area contributed by atoms with Gasteiger partial charge in [-0.3, -0.25) is 0 Å². The lowest BCUT2D eigenvalue weighted by Crippen LogP contribution is -2.19. The van der Waals surface area contributed by atoms with Gasteiger partial charge in [0.1, 0.15) is 5.82 Å². The van der Waals surface area contributed by atoms with Crippen molar-refractivity contribution in [1.29, 1.82) is 0 Å². The molecule has 0 saturated heterocycles. The van der Waals surface area contributed by atoms with Gasteiger partial charge in [0.15, 0.2) is 0 Å². The summed E-state index contributed by atoms with van der Waals surface area (Å²) in [5.74, 6) is 0.159. The van der Waals surface area contributed by atoms with Crippen LogP contribution < -0.4 is 5.32 Å². The first kappa shape index (κ1) is 16.0. The predicted molar refractivity (Wildman–Crippen MR) is 87.4 cm³/mol. The SMILES string of the molecule is CNC(Cc1ccc(C(C)C)cc1)c1ccc(F)c(Cl)c1. The Morgan fingerprint density at radius 3 is 2.19 bits per heavy atom. The van der Waals surface area contributed by atoms with Crippen molar-refractivity contribution in [2.45, 2.75) is 32.2 Å². The molecule has 0 aliphatic heterocycles. The minimum Gasteiger partial charge on any atom is -0.313 e. The molecule has 2 rings (SSSR count). The summed E-state index contributed by atoms with van der Waals surface area (Å²) in [7, 11) is 1.91. The molecule has 0 radical (unpaired) electrons. The molecule has 1 N–H and O–H groups in total. The Morgan fingerprint density at radius 1 is 1.05 bits per heavy atom. The second-order valence-electron chi connectivity index (χ2n) is 5.62. The Balaban J connectivity index is 2.16. The number of rotatable bonds is 5. The van der Waals surface area contributed by atoms with E-state index in [0.717, 1.165) is 12.0 Å². The zero-order valence-corrected chi connectivity index (χ0v) is 13.4. The van der Waals surface area contributed by atoms with Crippen LogP contribution in [0.5, 0.6) is 0 Å². The highest BCUT2D eigenvalue weighted by Gasteiger charge is 2.12. The standard InChI is InChI=1S/C18H21ClFN/c1-12(2)14-6-4-13(5-7-14)10-18(21-3)15-8-9-17(20)16(19)11-15/h4-9,11-12,18,21H,10H2,1-3H3. The average Bonchev–Trinajstić information content (AvgIpc) is 2.48. The first-order valence-corrected chi connectivity index (χ1v) is 7.60. The molecule has 3 heteroatoms. The van der Waals surface area contributed by atoms with E-state index in [2.05, 4.69) is 43.4 Å². The van der Waals surface area contributed by atoms with Gasteiger partial charge in [-0.15, -0.1) is 0 Å². The van der Waals surface area contributed by atoms with E-state index in [0.29, 0.717) is 5.92 Å². The second kappa shape index (κ2) is 7.06. The molecule has 0 aromatic heterocycles. The van der Waals surface area contributed by atoms with Gasteiger partial charge in [-0.2, -0.15) is 0 Å². The Hall–Kier alpha value is -1.38. The maximum absolute atomic E-state index is 13.3. The van der Waals surface area contributed by atoms with Gasteiger partial charge < -0.3 is 5.32 Å². The molecule has 0 aliphatic rings. The van der Waals surface area contributed by atoms with E-state index in [-0.39, 0.29) is 16.9 Å². The summed E-state index contributed by atoms with van der Waals surface area (Å²) in [5.41, 5.74) is 3.58. The molecule has 2 aromatic carbocycles. The summed E-state index contributed by atoms with van der Waals surface area (Å²) in [4.78, 5) is 0. The van der Waals surface area contributed by atoms with Crippen LogP contribution >= 0.6 is 11.6 Å². The van der Waals surface area contributed by atoms with E-state index in [1.807, 2.05) is 7.05 Å². The van der Waals surface area contributed by atoms with Gasteiger partial charge in [-0.25, -0.2) is 4.39 Å². The average molecular weight is 306 g/mol. The fourth-order valence-corrected chi connectivity index (χ4v) is 2.58.